The van der Waals surface area contributed by atoms with Crippen LogP contribution in [0.4, 0.5) is 0 Å². The molecule has 2 unspecified atom stereocenters. The van der Waals surface area contributed by atoms with Gasteiger partial charge >= 0.3 is 0 Å². The molecule has 1 aromatic rings. The molecule has 1 N–H and O–H groups in total. The van der Waals surface area contributed by atoms with Gasteiger partial charge in [0.25, 0.3) is 0 Å². The molecule has 20 heavy (non-hydrogen) atoms. The van der Waals surface area contributed by atoms with Gasteiger partial charge in [0.2, 0.25) is 5.91 Å². The fourth-order valence-corrected chi connectivity index (χ4v) is 2.81. The molecule has 1 aromatic carbocycles. The number of halogens is 2. The number of rotatable bonds is 4. The Morgan fingerprint density at radius 1 is 1.50 bits per heavy atom. The third-order valence-electron chi connectivity index (χ3n) is 3.96. The second kappa shape index (κ2) is 7.87. The highest BCUT2D eigenvalue weighted by Crippen LogP contribution is 2.27. The average Bonchev–Trinajstić information content (AvgIpc) is 2.90. The summed E-state index contributed by atoms with van der Waals surface area (Å²) in [5.74, 6) is 0.675. The van der Waals surface area contributed by atoms with Crippen LogP contribution in [0.15, 0.2) is 24.3 Å². The van der Waals surface area contributed by atoms with Gasteiger partial charge in [-0.15, -0.1) is 12.4 Å². The van der Waals surface area contributed by atoms with E-state index in [4.69, 9.17) is 11.6 Å². The van der Waals surface area contributed by atoms with Crippen molar-refractivity contribution in [2.45, 2.75) is 25.8 Å². The van der Waals surface area contributed by atoms with Crippen LogP contribution in [0, 0.1) is 5.92 Å². The molecule has 0 bridgehead atoms. The van der Waals surface area contributed by atoms with Crippen LogP contribution in [0.3, 0.4) is 0 Å². The molecule has 0 aliphatic carbocycles. The van der Waals surface area contributed by atoms with Gasteiger partial charge in [-0.05, 0) is 44.0 Å². The van der Waals surface area contributed by atoms with Crippen LogP contribution in [0.1, 0.15) is 31.4 Å². The maximum absolute atomic E-state index is 12.3. The second-order valence-electron chi connectivity index (χ2n) is 5.27. The van der Waals surface area contributed by atoms with E-state index in [1.807, 2.05) is 38.2 Å². The van der Waals surface area contributed by atoms with E-state index in [2.05, 4.69) is 5.32 Å². The van der Waals surface area contributed by atoms with E-state index in [1.165, 1.54) is 0 Å². The SMILES string of the molecule is CC(c1ccccc1Cl)N(C)C(=O)CC1CCNC1.Cl. The van der Waals surface area contributed by atoms with Crippen LogP contribution in [-0.2, 0) is 4.79 Å². The fraction of sp³-hybridized carbons (Fsp3) is 0.533. The number of amides is 1. The first-order valence-corrected chi connectivity index (χ1v) is 7.18. The Kier molecular flexibility index (Phi) is 6.80. The second-order valence-corrected chi connectivity index (χ2v) is 5.67. The lowest BCUT2D eigenvalue weighted by Crippen LogP contribution is -2.31. The fourth-order valence-electron chi connectivity index (χ4n) is 2.52. The van der Waals surface area contributed by atoms with Crippen LogP contribution < -0.4 is 5.32 Å². The third-order valence-corrected chi connectivity index (χ3v) is 4.30. The van der Waals surface area contributed by atoms with Crippen LogP contribution in [-0.4, -0.2) is 30.9 Å². The van der Waals surface area contributed by atoms with Crippen LogP contribution in [0.2, 0.25) is 5.02 Å². The number of hydrogen-bond acceptors (Lipinski definition) is 2. The van der Waals surface area contributed by atoms with Gasteiger partial charge in [-0.2, -0.15) is 0 Å². The first-order valence-electron chi connectivity index (χ1n) is 6.80. The first kappa shape index (κ1) is 17.3. The smallest absolute Gasteiger partial charge is 0.223 e. The molecule has 1 amide bonds. The Morgan fingerprint density at radius 2 is 2.20 bits per heavy atom. The lowest BCUT2D eigenvalue weighted by Gasteiger charge is -2.27. The molecule has 0 radical (unpaired) electrons. The third kappa shape index (κ3) is 4.11. The monoisotopic (exact) mass is 316 g/mol. The van der Waals surface area contributed by atoms with Crippen molar-refractivity contribution in [2.75, 3.05) is 20.1 Å². The van der Waals surface area contributed by atoms with Gasteiger partial charge in [0.05, 0.1) is 6.04 Å². The van der Waals surface area contributed by atoms with E-state index < -0.39 is 0 Å². The van der Waals surface area contributed by atoms with E-state index >= 15 is 0 Å². The van der Waals surface area contributed by atoms with Crippen molar-refractivity contribution in [3.63, 3.8) is 0 Å². The summed E-state index contributed by atoms with van der Waals surface area (Å²) in [5, 5.41) is 4.01. The number of nitrogens with one attached hydrogen (secondary N) is 1. The summed E-state index contributed by atoms with van der Waals surface area (Å²) in [6, 6.07) is 7.72. The van der Waals surface area contributed by atoms with Crippen molar-refractivity contribution in [3.05, 3.63) is 34.9 Å². The zero-order chi connectivity index (χ0) is 13.8. The number of hydrogen-bond donors (Lipinski definition) is 1. The van der Waals surface area contributed by atoms with Crippen LogP contribution >= 0.6 is 24.0 Å². The summed E-state index contributed by atoms with van der Waals surface area (Å²) in [4.78, 5) is 14.1. The predicted octanol–water partition coefficient (Wildman–Crippen LogP) is 3.28. The zero-order valence-corrected chi connectivity index (χ0v) is 13.5. The van der Waals surface area contributed by atoms with Crippen molar-refractivity contribution in [3.8, 4) is 0 Å². The lowest BCUT2D eigenvalue weighted by atomic mass is 10.0. The van der Waals surface area contributed by atoms with E-state index in [9.17, 15) is 4.79 Å². The first-order chi connectivity index (χ1) is 9.09. The Labute approximate surface area is 132 Å². The molecule has 1 fully saturated rings. The highest BCUT2D eigenvalue weighted by molar-refractivity contribution is 6.31. The van der Waals surface area contributed by atoms with Crippen molar-refractivity contribution in [1.29, 1.82) is 0 Å². The summed E-state index contributed by atoms with van der Waals surface area (Å²) in [5.41, 5.74) is 1.00. The van der Waals surface area contributed by atoms with Gasteiger partial charge in [0.1, 0.15) is 0 Å². The topological polar surface area (TPSA) is 32.3 Å². The minimum absolute atomic E-state index is 0. The molecule has 5 heteroatoms. The van der Waals surface area contributed by atoms with E-state index in [1.54, 1.807) is 4.90 Å². The minimum atomic E-state index is 0. The zero-order valence-electron chi connectivity index (χ0n) is 11.9. The molecule has 3 nitrogen and oxygen atoms in total. The molecule has 0 saturated carbocycles. The molecule has 1 heterocycles. The van der Waals surface area contributed by atoms with Gasteiger partial charge in [-0.25, -0.2) is 0 Å². The van der Waals surface area contributed by atoms with E-state index in [0.29, 0.717) is 12.3 Å². The molecule has 1 saturated heterocycles. The molecule has 0 spiro atoms. The Bertz CT molecular complexity index is 447. The highest BCUT2D eigenvalue weighted by Gasteiger charge is 2.23. The predicted molar refractivity (Wildman–Crippen MR) is 85.5 cm³/mol. The van der Waals surface area contributed by atoms with Gasteiger partial charge in [0.15, 0.2) is 0 Å². The molecule has 1 aliphatic heterocycles. The maximum atomic E-state index is 12.3. The molecule has 2 rings (SSSR count). The molecule has 0 aromatic heterocycles. The van der Waals surface area contributed by atoms with Gasteiger partial charge in [-0.3, -0.25) is 4.79 Å². The van der Waals surface area contributed by atoms with Crippen molar-refractivity contribution in [1.82, 2.24) is 10.2 Å². The number of carbonyl (C=O) groups is 1. The Morgan fingerprint density at radius 3 is 2.80 bits per heavy atom. The number of benzene rings is 1. The quantitative estimate of drug-likeness (QED) is 0.924. The lowest BCUT2D eigenvalue weighted by molar-refractivity contribution is -0.132. The Balaban J connectivity index is 0.00000200. The van der Waals surface area contributed by atoms with Crippen LogP contribution in [0.25, 0.3) is 0 Å². The highest BCUT2D eigenvalue weighted by atomic mass is 35.5. The normalized spacial score (nSPS) is 19.2. The minimum Gasteiger partial charge on any atom is -0.339 e. The van der Waals surface area contributed by atoms with E-state index in [0.717, 1.165) is 30.1 Å². The van der Waals surface area contributed by atoms with Gasteiger partial charge < -0.3 is 10.2 Å². The van der Waals surface area contributed by atoms with Crippen LogP contribution in [0.5, 0.6) is 0 Å². The maximum Gasteiger partial charge on any atom is 0.223 e. The Hall–Kier alpha value is -0.770. The summed E-state index contributed by atoms with van der Waals surface area (Å²) in [7, 11) is 1.86. The van der Waals surface area contributed by atoms with Crippen molar-refractivity contribution < 1.29 is 4.79 Å². The molecule has 2 atom stereocenters. The van der Waals surface area contributed by atoms with Gasteiger partial charge in [-0.1, -0.05) is 29.8 Å². The summed E-state index contributed by atoms with van der Waals surface area (Å²) >= 11 is 6.19. The molecule has 1 aliphatic rings. The summed E-state index contributed by atoms with van der Waals surface area (Å²) in [6.07, 6.45) is 1.72. The standard InChI is InChI=1S/C15H21ClN2O.ClH/c1-11(13-5-3-4-6-14(13)16)18(2)15(19)9-12-7-8-17-10-12;/h3-6,11-12,17H,7-10H2,1-2H3;1H. The largest absolute Gasteiger partial charge is 0.339 e. The van der Waals surface area contributed by atoms with Gasteiger partial charge in [0, 0.05) is 18.5 Å². The molecular weight excluding hydrogens is 295 g/mol. The summed E-state index contributed by atoms with van der Waals surface area (Å²) < 4.78 is 0. The molecule has 112 valence electrons. The summed E-state index contributed by atoms with van der Waals surface area (Å²) in [6.45, 7) is 4.01. The van der Waals surface area contributed by atoms with Crippen molar-refractivity contribution >= 4 is 29.9 Å². The average molecular weight is 317 g/mol. The van der Waals surface area contributed by atoms with E-state index in [-0.39, 0.29) is 24.4 Å². The van der Waals surface area contributed by atoms with Crippen molar-refractivity contribution in [2.24, 2.45) is 5.92 Å². The number of nitrogens with zero attached hydrogens (tertiary/aromatic N) is 1. The molecular formula is C15H22Cl2N2O. The number of carbonyl (C=O) groups excluding carboxylic acids is 1.